The van der Waals surface area contributed by atoms with Crippen molar-refractivity contribution in [3.63, 3.8) is 0 Å². The van der Waals surface area contributed by atoms with Crippen LogP contribution in [0.3, 0.4) is 0 Å². The molecule has 0 bridgehead atoms. The van der Waals surface area contributed by atoms with Gasteiger partial charge in [0.05, 0.1) is 11.6 Å². The number of ether oxygens (including phenoxy) is 1. The molecule has 0 aliphatic heterocycles. The molecule has 92 valence electrons. The lowest BCUT2D eigenvalue weighted by Crippen LogP contribution is -2.01. The summed E-state index contributed by atoms with van der Waals surface area (Å²) >= 11 is 7.34. The quantitative estimate of drug-likeness (QED) is 0.506. The fourth-order valence-electron chi connectivity index (χ4n) is 1.43. The molecule has 0 aliphatic carbocycles. The molecule has 0 spiro atoms. The zero-order valence-corrected chi connectivity index (χ0v) is 11.6. The highest BCUT2D eigenvalue weighted by atomic mass is 35.5. The normalized spacial score (nSPS) is 12.9. The van der Waals surface area contributed by atoms with Gasteiger partial charge in [0.1, 0.15) is 11.1 Å². The first-order valence-electron chi connectivity index (χ1n) is 5.89. The molecule has 0 amide bonds. The van der Waals surface area contributed by atoms with Crippen LogP contribution in [-0.4, -0.2) is 11.6 Å². The molecule has 4 heteroatoms. The van der Waals surface area contributed by atoms with Gasteiger partial charge in [-0.15, -0.1) is 22.9 Å². The predicted molar refractivity (Wildman–Crippen MR) is 70.2 cm³/mol. The minimum Gasteiger partial charge on any atom is -0.371 e. The van der Waals surface area contributed by atoms with Crippen molar-refractivity contribution in [2.45, 2.75) is 51.5 Å². The molecule has 0 aromatic carbocycles. The first-order valence-corrected chi connectivity index (χ1v) is 7.31. The highest BCUT2D eigenvalue weighted by molar-refractivity contribution is 7.09. The van der Waals surface area contributed by atoms with E-state index in [4.69, 9.17) is 16.3 Å². The highest BCUT2D eigenvalue weighted by Crippen LogP contribution is 2.22. The smallest absolute Gasteiger partial charge is 0.122 e. The van der Waals surface area contributed by atoms with E-state index in [0.29, 0.717) is 5.88 Å². The van der Waals surface area contributed by atoms with E-state index in [1.54, 1.807) is 11.3 Å². The van der Waals surface area contributed by atoms with Gasteiger partial charge in [-0.1, -0.05) is 26.2 Å². The number of nitrogens with zero attached hydrogens (tertiary/aromatic N) is 1. The van der Waals surface area contributed by atoms with Gasteiger partial charge in [0.15, 0.2) is 0 Å². The summed E-state index contributed by atoms with van der Waals surface area (Å²) < 4.78 is 5.74. The Balaban J connectivity index is 2.21. The number of hydrogen-bond donors (Lipinski definition) is 0. The molecule has 0 saturated heterocycles. The molecule has 1 unspecified atom stereocenters. The summed E-state index contributed by atoms with van der Waals surface area (Å²) in [5, 5.41) is 3.03. The van der Waals surface area contributed by atoms with Crippen molar-refractivity contribution in [2.24, 2.45) is 0 Å². The Kier molecular flexibility index (Phi) is 7.01. The molecule has 0 aliphatic rings. The second-order valence-corrected chi connectivity index (χ2v) is 5.04. The Morgan fingerprint density at radius 3 is 2.88 bits per heavy atom. The van der Waals surface area contributed by atoms with Gasteiger partial charge in [-0.2, -0.15) is 0 Å². The van der Waals surface area contributed by atoms with Crippen LogP contribution in [0.1, 0.15) is 56.3 Å². The molecule has 1 aromatic heterocycles. The largest absolute Gasteiger partial charge is 0.371 e. The summed E-state index contributed by atoms with van der Waals surface area (Å²) in [6.45, 7) is 5.10. The molecule has 1 rings (SSSR count). The van der Waals surface area contributed by atoms with Crippen molar-refractivity contribution in [1.82, 2.24) is 4.98 Å². The SMILES string of the molecule is CCCCCCOC(C)c1nc(CCl)cs1. The number of aromatic nitrogens is 1. The molecular formula is C12H20ClNOS. The average molecular weight is 262 g/mol. The highest BCUT2D eigenvalue weighted by Gasteiger charge is 2.10. The van der Waals surface area contributed by atoms with Crippen molar-refractivity contribution in [3.8, 4) is 0 Å². The summed E-state index contributed by atoms with van der Waals surface area (Å²) in [4.78, 5) is 4.41. The van der Waals surface area contributed by atoms with E-state index < -0.39 is 0 Å². The molecule has 16 heavy (non-hydrogen) atoms. The van der Waals surface area contributed by atoms with Gasteiger partial charge in [-0.3, -0.25) is 0 Å². The number of hydrogen-bond acceptors (Lipinski definition) is 3. The third-order valence-corrected chi connectivity index (χ3v) is 3.75. The minimum absolute atomic E-state index is 0.101. The lowest BCUT2D eigenvalue weighted by Gasteiger charge is -2.09. The second kappa shape index (κ2) is 8.04. The first kappa shape index (κ1) is 13.9. The van der Waals surface area contributed by atoms with Gasteiger partial charge in [0.2, 0.25) is 0 Å². The van der Waals surface area contributed by atoms with E-state index in [1.807, 2.05) is 5.38 Å². The van der Waals surface area contributed by atoms with Gasteiger partial charge in [-0.05, 0) is 13.3 Å². The Labute approximate surface area is 107 Å². The second-order valence-electron chi connectivity index (χ2n) is 3.88. The number of rotatable bonds is 8. The summed E-state index contributed by atoms with van der Waals surface area (Å²) in [5.41, 5.74) is 0.947. The van der Waals surface area contributed by atoms with Crippen molar-refractivity contribution in [2.75, 3.05) is 6.61 Å². The number of thiazole rings is 1. The van der Waals surface area contributed by atoms with Crippen LogP contribution in [0.15, 0.2) is 5.38 Å². The first-order chi connectivity index (χ1) is 7.77. The van der Waals surface area contributed by atoms with Crippen LogP contribution in [0.4, 0.5) is 0 Å². The van der Waals surface area contributed by atoms with Gasteiger partial charge < -0.3 is 4.74 Å². The van der Waals surface area contributed by atoms with Crippen LogP contribution in [0.2, 0.25) is 0 Å². The maximum absolute atomic E-state index is 5.74. The third kappa shape index (κ3) is 4.81. The van der Waals surface area contributed by atoms with Crippen LogP contribution in [-0.2, 0) is 10.6 Å². The van der Waals surface area contributed by atoms with E-state index in [9.17, 15) is 0 Å². The molecule has 1 heterocycles. The summed E-state index contributed by atoms with van der Waals surface area (Å²) in [7, 11) is 0. The molecule has 0 N–H and O–H groups in total. The zero-order valence-electron chi connectivity index (χ0n) is 10.0. The Hall–Kier alpha value is -0.120. The van der Waals surface area contributed by atoms with E-state index in [0.717, 1.165) is 23.7 Å². The van der Waals surface area contributed by atoms with Crippen LogP contribution >= 0.6 is 22.9 Å². The monoisotopic (exact) mass is 261 g/mol. The molecule has 2 nitrogen and oxygen atoms in total. The van der Waals surface area contributed by atoms with E-state index in [-0.39, 0.29) is 6.10 Å². The van der Waals surface area contributed by atoms with Crippen LogP contribution in [0.5, 0.6) is 0 Å². The number of halogens is 1. The van der Waals surface area contributed by atoms with Gasteiger partial charge in [0, 0.05) is 12.0 Å². The van der Waals surface area contributed by atoms with Crippen molar-refractivity contribution < 1.29 is 4.74 Å². The van der Waals surface area contributed by atoms with Gasteiger partial charge in [-0.25, -0.2) is 4.98 Å². The van der Waals surface area contributed by atoms with E-state index in [1.165, 1.54) is 19.3 Å². The minimum atomic E-state index is 0.101. The Morgan fingerprint density at radius 2 is 2.25 bits per heavy atom. The molecule has 0 radical (unpaired) electrons. The Morgan fingerprint density at radius 1 is 1.44 bits per heavy atom. The topological polar surface area (TPSA) is 22.1 Å². The molecular weight excluding hydrogens is 242 g/mol. The third-order valence-electron chi connectivity index (χ3n) is 2.42. The fourth-order valence-corrected chi connectivity index (χ4v) is 2.48. The maximum atomic E-state index is 5.74. The summed E-state index contributed by atoms with van der Waals surface area (Å²) in [6.07, 6.45) is 5.07. The van der Waals surface area contributed by atoms with Crippen molar-refractivity contribution >= 4 is 22.9 Å². The van der Waals surface area contributed by atoms with Crippen LogP contribution < -0.4 is 0 Å². The fraction of sp³-hybridized carbons (Fsp3) is 0.750. The van der Waals surface area contributed by atoms with Gasteiger partial charge in [0.25, 0.3) is 0 Å². The van der Waals surface area contributed by atoms with E-state index in [2.05, 4.69) is 18.8 Å². The molecule has 0 saturated carbocycles. The zero-order chi connectivity index (χ0) is 11.8. The predicted octanol–water partition coefficient (Wildman–Crippen LogP) is 4.54. The van der Waals surface area contributed by atoms with Gasteiger partial charge >= 0.3 is 0 Å². The molecule has 1 atom stereocenters. The van der Waals surface area contributed by atoms with E-state index >= 15 is 0 Å². The number of alkyl halides is 1. The van der Waals surface area contributed by atoms with Crippen LogP contribution in [0.25, 0.3) is 0 Å². The lowest BCUT2D eigenvalue weighted by molar-refractivity contribution is 0.0625. The standard InChI is InChI=1S/C12H20ClNOS/c1-3-4-5-6-7-15-10(2)12-14-11(8-13)9-16-12/h9-10H,3-8H2,1-2H3. The summed E-state index contributed by atoms with van der Waals surface area (Å²) in [6, 6.07) is 0. The van der Waals surface area contributed by atoms with Crippen molar-refractivity contribution in [1.29, 1.82) is 0 Å². The number of unbranched alkanes of at least 4 members (excludes halogenated alkanes) is 3. The maximum Gasteiger partial charge on any atom is 0.122 e. The average Bonchev–Trinajstić information content (AvgIpc) is 2.77. The Bertz CT molecular complexity index is 290. The van der Waals surface area contributed by atoms with Crippen LogP contribution in [0, 0.1) is 0 Å². The molecule has 0 fully saturated rings. The van der Waals surface area contributed by atoms with Crippen molar-refractivity contribution in [3.05, 3.63) is 16.1 Å². The lowest BCUT2D eigenvalue weighted by atomic mass is 10.2. The summed E-state index contributed by atoms with van der Waals surface area (Å²) in [5.74, 6) is 0.486. The molecule has 1 aromatic rings.